The van der Waals surface area contributed by atoms with E-state index in [1.165, 1.54) is 18.2 Å². The molecule has 0 N–H and O–H groups in total. The van der Waals surface area contributed by atoms with Crippen LogP contribution in [0, 0.1) is 6.92 Å². The predicted molar refractivity (Wildman–Crippen MR) is 71.3 cm³/mol. The molecule has 0 heterocycles. The van der Waals surface area contributed by atoms with E-state index in [-0.39, 0.29) is 41.4 Å². The summed E-state index contributed by atoms with van der Waals surface area (Å²) in [6.45, 7) is 1.64. The fourth-order valence-electron chi connectivity index (χ4n) is 1.60. The zero-order chi connectivity index (χ0) is 13.9. The van der Waals surface area contributed by atoms with Gasteiger partial charge in [0, 0.05) is 0 Å². The molecule has 2 aromatic carbocycles. The van der Waals surface area contributed by atoms with Crippen molar-refractivity contribution in [2.75, 3.05) is 0 Å². The van der Waals surface area contributed by atoms with Gasteiger partial charge in [0.1, 0.15) is 4.90 Å². The first-order valence-corrected chi connectivity index (χ1v) is 7.01. The van der Waals surface area contributed by atoms with Gasteiger partial charge in [-0.1, -0.05) is 36.4 Å². The van der Waals surface area contributed by atoms with Gasteiger partial charge in [-0.15, -0.1) is 0 Å². The van der Waals surface area contributed by atoms with Crippen LogP contribution in [0.15, 0.2) is 59.5 Å². The first-order valence-electron chi connectivity index (χ1n) is 5.60. The number of carbonyl (C=O) groups excluding carboxylic acids is 1. The largest absolute Gasteiger partial charge is 1.00 e. The van der Waals surface area contributed by atoms with Crippen molar-refractivity contribution in [1.82, 2.24) is 0 Å². The maximum Gasteiger partial charge on any atom is 1.00 e. The molecule has 0 bridgehead atoms. The molecule has 0 unspecified atom stereocenters. The summed E-state index contributed by atoms with van der Waals surface area (Å²) in [5.41, 5.74) is 0.725. The summed E-state index contributed by atoms with van der Waals surface area (Å²) in [7, 11) is -4.09. The Morgan fingerprint density at radius 3 is 2.15 bits per heavy atom. The number of carbonyl (C=O) groups is 1. The second-order valence-corrected chi connectivity index (χ2v) is 5.47. The van der Waals surface area contributed by atoms with Gasteiger partial charge in [0.15, 0.2) is 0 Å². The summed E-state index contributed by atoms with van der Waals surface area (Å²) in [6, 6.07) is 14.3. The van der Waals surface area contributed by atoms with Gasteiger partial charge < -0.3 is 5.61 Å². The van der Waals surface area contributed by atoms with Gasteiger partial charge >= 0.3 is 45.6 Å². The Bertz CT molecular complexity index is 702. The first kappa shape index (κ1) is 16.9. The molecule has 0 saturated carbocycles. The summed E-state index contributed by atoms with van der Waals surface area (Å²) in [6.07, 6.45) is 0. The third-order valence-electron chi connectivity index (χ3n) is 2.56. The van der Waals surface area contributed by atoms with E-state index in [1.54, 1.807) is 43.3 Å². The van der Waals surface area contributed by atoms with E-state index in [1.807, 2.05) is 0 Å². The van der Waals surface area contributed by atoms with Crippen LogP contribution >= 0.6 is 0 Å². The van der Waals surface area contributed by atoms with Crippen molar-refractivity contribution in [3.8, 4) is 0 Å². The van der Waals surface area contributed by atoms with Crippen molar-refractivity contribution in [1.29, 1.82) is 0 Å². The first-order chi connectivity index (χ1) is 9.00. The van der Waals surface area contributed by atoms with Crippen LogP contribution in [0.5, 0.6) is 0 Å². The predicted octanol–water partition coefficient (Wildman–Crippen LogP) is -0.343. The molecule has 0 aliphatic heterocycles. The van der Waals surface area contributed by atoms with E-state index in [0.717, 1.165) is 0 Å². The zero-order valence-corrected chi connectivity index (χ0v) is 14.1. The van der Waals surface area contributed by atoms with Gasteiger partial charge in [-0.3, -0.25) is 0 Å². The molecule has 0 fully saturated rings. The molecular formula is C14H13NaO4S. The normalized spacial score (nSPS) is 10.4. The summed E-state index contributed by atoms with van der Waals surface area (Å²) in [5.74, 6) is -0.885. The Labute approximate surface area is 141 Å². The van der Waals surface area contributed by atoms with Crippen molar-refractivity contribution >= 4 is 16.1 Å². The minimum absolute atomic E-state index is 0. The average molecular weight is 300 g/mol. The molecule has 0 amide bonds. The third-order valence-corrected chi connectivity index (χ3v) is 3.93. The molecule has 100 valence electrons. The van der Waals surface area contributed by atoms with E-state index in [9.17, 15) is 13.2 Å². The number of hydrogen-bond donors (Lipinski definition) is 0. The molecular weight excluding hydrogens is 287 g/mol. The van der Waals surface area contributed by atoms with Gasteiger partial charge in [-0.2, -0.15) is 8.42 Å². The molecule has 2 rings (SSSR count). The summed E-state index contributed by atoms with van der Waals surface area (Å²) in [4.78, 5) is 11.7. The Kier molecular flexibility index (Phi) is 5.95. The number of aryl methyl sites for hydroxylation is 1. The minimum Gasteiger partial charge on any atom is -1.00 e. The van der Waals surface area contributed by atoms with Crippen LogP contribution < -0.4 is 29.6 Å². The summed E-state index contributed by atoms with van der Waals surface area (Å²) >= 11 is 0. The van der Waals surface area contributed by atoms with Crippen LogP contribution in [0.4, 0.5) is 0 Å². The SMILES string of the molecule is Cc1ccccc1S(=O)(=O)OC(=O)c1ccccc1.[H-].[Na+]. The number of rotatable bonds is 3. The van der Waals surface area contributed by atoms with Gasteiger partial charge in [0.2, 0.25) is 0 Å². The summed E-state index contributed by atoms with van der Waals surface area (Å²) < 4.78 is 28.6. The van der Waals surface area contributed by atoms with Crippen LogP contribution in [0.3, 0.4) is 0 Å². The van der Waals surface area contributed by atoms with Crippen molar-refractivity contribution in [2.24, 2.45) is 0 Å². The fourth-order valence-corrected chi connectivity index (χ4v) is 2.70. The second kappa shape index (κ2) is 7.04. The van der Waals surface area contributed by atoms with Crippen LogP contribution in [-0.2, 0) is 14.3 Å². The van der Waals surface area contributed by atoms with Gasteiger partial charge in [0.05, 0.1) is 5.56 Å². The van der Waals surface area contributed by atoms with Crippen molar-refractivity contribution in [2.45, 2.75) is 11.8 Å². The van der Waals surface area contributed by atoms with Crippen molar-refractivity contribution < 1.29 is 48.4 Å². The van der Waals surface area contributed by atoms with Crippen molar-refractivity contribution in [3.05, 3.63) is 65.7 Å². The molecule has 0 atom stereocenters. The minimum atomic E-state index is -4.09. The molecule has 0 saturated heterocycles. The van der Waals surface area contributed by atoms with Crippen LogP contribution in [0.2, 0.25) is 0 Å². The van der Waals surface area contributed by atoms with Crippen LogP contribution in [-0.4, -0.2) is 14.4 Å². The standard InChI is InChI=1S/C14H12O4S.Na.H/c1-11-7-5-6-10-13(11)19(16,17)18-14(15)12-8-3-2-4-9-12;;/h2-10H,1H3;;/q;+1;-1. The molecule has 0 aromatic heterocycles. The Balaban J connectivity index is 0.00000200. The van der Waals surface area contributed by atoms with E-state index in [0.29, 0.717) is 5.56 Å². The Morgan fingerprint density at radius 2 is 1.55 bits per heavy atom. The smallest absolute Gasteiger partial charge is 1.00 e. The molecule has 0 aliphatic rings. The van der Waals surface area contributed by atoms with E-state index in [2.05, 4.69) is 4.18 Å². The molecule has 0 radical (unpaired) electrons. The maximum absolute atomic E-state index is 12.0. The second-order valence-electron chi connectivity index (χ2n) is 3.96. The van der Waals surface area contributed by atoms with E-state index < -0.39 is 16.1 Å². The molecule has 0 aliphatic carbocycles. The van der Waals surface area contributed by atoms with E-state index in [4.69, 9.17) is 0 Å². The Morgan fingerprint density at radius 1 is 1.00 bits per heavy atom. The molecule has 4 nitrogen and oxygen atoms in total. The summed E-state index contributed by atoms with van der Waals surface area (Å²) in [5, 5.41) is 0. The van der Waals surface area contributed by atoms with Gasteiger partial charge in [0.25, 0.3) is 0 Å². The van der Waals surface area contributed by atoms with Gasteiger partial charge in [-0.05, 0) is 30.7 Å². The molecule has 20 heavy (non-hydrogen) atoms. The number of hydrogen-bond acceptors (Lipinski definition) is 4. The Hall–Kier alpha value is -1.14. The fraction of sp³-hybridized carbons (Fsp3) is 0.0714. The monoisotopic (exact) mass is 300 g/mol. The van der Waals surface area contributed by atoms with Crippen molar-refractivity contribution in [3.63, 3.8) is 0 Å². The topological polar surface area (TPSA) is 60.4 Å². The van der Waals surface area contributed by atoms with Crippen LogP contribution in [0.25, 0.3) is 0 Å². The third kappa shape index (κ3) is 3.93. The van der Waals surface area contributed by atoms with Crippen LogP contribution in [0.1, 0.15) is 17.3 Å². The maximum atomic E-state index is 12.0. The quantitative estimate of drug-likeness (QED) is 0.575. The average Bonchev–Trinajstić information content (AvgIpc) is 2.39. The van der Waals surface area contributed by atoms with Gasteiger partial charge in [-0.25, -0.2) is 4.79 Å². The zero-order valence-electron chi connectivity index (χ0n) is 12.2. The number of benzene rings is 2. The van der Waals surface area contributed by atoms with E-state index >= 15 is 0 Å². The molecule has 6 heteroatoms. The molecule has 0 spiro atoms. The molecule has 2 aromatic rings.